The Morgan fingerprint density at radius 3 is 2.93 bits per heavy atom. The van der Waals surface area contributed by atoms with Crippen molar-refractivity contribution in [3.8, 4) is 0 Å². The highest BCUT2D eigenvalue weighted by Gasteiger charge is 2.23. The molecule has 1 unspecified atom stereocenters. The first-order valence-electron chi connectivity index (χ1n) is 5.57. The molecule has 1 fully saturated rings. The molecular formula is C11H18N4. The Bertz CT molecular complexity index is 326. The number of hydrogen-bond donors (Lipinski definition) is 1. The lowest BCUT2D eigenvalue weighted by atomic mass is 10.0. The van der Waals surface area contributed by atoms with Crippen LogP contribution >= 0.6 is 0 Å². The fourth-order valence-corrected chi connectivity index (χ4v) is 2.21. The second kappa shape index (κ2) is 4.57. The molecule has 1 aromatic rings. The molecule has 0 radical (unpaired) electrons. The second-order valence-electron chi connectivity index (χ2n) is 4.04. The number of piperidine rings is 1. The van der Waals surface area contributed by atoms with E-state index in [1.807, 2.05) is 6.92 Å². The van der Waals surface area contributed by atoms with E-state index in [1.165, 1.54) is 19.3 Å². The molecule has 2 heterocycles. The summed E-state index contributed by atoms with van der Waals surface area (Å²) in [6.07, 6.45) is 7.17. The van der Waals surface area contributed by atoms with Gasteiger partial charge in [-0.3, -0.25) is 4.98 Å². The van der Waals surface area contributed by atoms with Crippen LogP contribution in [0.4, 0.5) is 5.82 Å². The number of aryl methyl sites for hydroxylation is 1. The normalized spacial score (nSPS) is 21.7. The molecule has 1 aromatic heterocycles. The summed E-state index contributed by atoms with van der Waals surface area (Å²) in [5, 5.41) is 0. The standard InChI is InChI=1S/C11H18N4/c1-9-11(14-6-5-13-9)15-7-3-2-4-10(15)8-12/h5-6,10H,2-4,7-8,12H2,1H3. The van der Waals surface area contributed by atoms with E-state index in [1.54, 1.807) is 12.4 Å². The molecule has 0 aromatic carbocycles. The highest BCUT2D eigenvalue weighted by atomic mass is 15.2. The highest BCUT2D eigenvalue weighted by Crippen LogP contribution is 2.23. The highest BCUT2D eigenvalue weighted by molar-refractivity contribution is 5.44. The van der Waals surface area contributed by atoms with Gasteiger partial charge in [0.05, 0.1) is 5.69 Å². The van der Waals surface area contributed by atoms with Crippen LogP contribution in [-0.2, 0) is 0 Å². The van der Waals surface area contributed by atoms with E-state index in [2.05, 4.69) is 14.9 Å². The summed E-state index contributed by atoms with van der Waals surface area (Å²) in [4.78, 5) is 11.0. The summed E-state index contributed by atoms with van der Waals surface area (Å²) in [6, 6.07) is 0.439. The first-order valence-corrected chi connectivity index (χ1v) is 5.57. The van der Waals surface area contributed by atoms with E-state index in [4.69, 9.17) is 5.73 Å². The van der Waals surface area contributed by atoms with Gasteiger partial charge in [-0.05, 0) is 26.2 Å². The number of anilines is 1. The number of rotatable bonds is 2. The van der Waals surface area contributed by atoms with Gasteiger partial charge in [0.1, 0.15) is 5.82 Å². The Kier molecular flexibility index (Phi) is 3.16. The molecule has 4 heteroatoms. The molecule has 0 amide bonds. The number of nitrogens with two attached hydrogens (primary N) is 1. The number of nitrogens with zero attached hydrogens (tertiary/aromatic N) is 3. The summed E-state index contributed by atoms with van der Waals surface area (Å²) in [5.41, 5.74) is 6.79. The zero-order chi connectivity index (χ0) is 10.7. The van der Waals surface area contributed by atoms with Crippen molar-refractivity contribution in [2.24, 2.45) is 5.73 Å². The maximum Gasteiger partial charge on any atom is 0.150 e. The predicted molar refractivity (Wildman–Crippen MR) is 60.8 cm³/mol. The molecule has 2 rings (SSSR count). The van der Waals surface area contributed by atoms with Crippen molar-refractivity contribution in [3.63, 3.8) is 0 Å². The minimum Gasteiger partial charge on any atom is -0.351 e. The minimum absolute atomic E-state index is 0.439. The summed E-state index contributed by atoms with van der Waals surface area (Å²) in [7, 11) is 0. The number of hydrogen-bond acceptors (Lipinski definition) is 4. The van der Waals surface area contributed by atoms with E-state index in [-0.39, 0.29) is 0 Å². The van der Waals surface area contributed by atoms with E-state index in [9.17, 15) is 0 Å². The van der Waals surface area contributed by atoms with Crippen LogP contribution in [0.5, 0.6) is 0 Å². The molecule has 0 aliphatic carbocycles. The molecule has 82 valence electrons. The molecule has 1 aliphatic rings. The van der Waals surface area contributed by atoms with Crippen molar-refractivity contribution < 1.29 is 0 Å². The van der Waals surface area contributed by atoms with Crippen LogP contribution in [-0.4, -0.2) is 29.1 Å². The van der Waals surface area contributed by atoms with E-state index < -0.39 is 0 Å². The van der Waals surface area contributed by atoms with Crippen molar-refractivity contribution >= 4 is 5.82 Å². The van der Waals surface area contributed by atoms with Crippen molar-refractivity contribution in [1.29, 1.82) is 0 Å². The second-order valence-corrected chi connectivity index (χ2v) is 4.04. The van der Waals surface area contributed by atoms with Crippen LogP contribution in [0.25, 0.3) is 0 Å². The molecule has 0 bridgehead atoms. The fourth-order valence-electron chi connectivity index (χ4n) is 2.21. The van der Waals surface area contributed by atoms with Crippen LogP contribution in [0.15, 0.2) is 12.4 Å². The Morgan fingerprint density at radius 1 is 1.40 bits per heavy atom. The maximum atomic E-state index is 5.79. The van der Waals surface area contributed by atoms with Gasteiger partial charge in [0.25, 0.3) is 0 Å². The molecule has 2 N–H and O–H groups in total. The lowest BCUT2D eigenvalue weighted by Gasteiger charge is -2.36. The third-order valence-corrected chi connectivity index (χ3v) is 3.03. The van der Waals surface area contributed by atoms with Crippen LogP contribution in [0.2, 0.25) is 0 Å². The minimum atomic E-state index is 0.439. The van der Waals surface area contributed by atoms with Crippen molar-refractivity contribution in [1.82, 2.24) is 9.97 Å². The summed E-state index contributed by atoms with van der Waals surface area (Å²) >= 11 is 0. The molecule has 15 heavy (non-hydrogen) atoms. The van der Waals surface area contributed by atoms with Crippen molar-refractivity contribution in [3.05, 3.63) is 18.1 Å². The van der Waals surface area contributed by atoms with Crippen LogP contribution < -0.4 is 10.6 Å². The average molecular weight is 206 g/mol. The molecule has 0 saturated carbocycles. The fraction of sp³-hybridized carbons (Fsp3) is 0.636. The van der Waals surface area contributed by atoms with Gasteiger partial charge < -0.3 is 10.6 Å². The zero-order valence-electron chi connectivity index (χ0n) is 9.19. The third kappa shape index (κ3) is 2.09. The summed E-state index contributed by atoms with van der Waals surface area (Å²) < 4.78 is 0. The zero-order valence-corrected chi connectivity index (χ0v) is 9.19. The Balaban J connectivity index is 2.24. The Hall–Kier alpha value is -1.16. The van der Waals surface area contributed by atoms with Gasteiger partial charge in [0.15, 0.2) is 0 Å². The third-order valence-electron chi connectivity index (χ3n) is 3.03. The molecule has 1 aliphatic heterocycles. The number of aromatic nitrogens is 2. The first kappa shape index (κ1) is 10.4. The molecule has 1 atom stereocenters. The Morgan fingerprint density at radius 2 is 2.20 bits per heavy atom. The van der Waals surface area contributed by atoms with Crippen LogP contribution in [0, 0.1) is 6.92 Å². The topological polar surface area (TPSA) is 55.0 Å². The lowest BCUT2D eigenvalue weighted by Crippen LogP contribution is -2.45. The largest absolute Gasteiger partial charge is 0.351 e. The summed E-state index contributed by atoms with van der Waals surface area (Å²) in [5.74, 6) is 1.01. The van der Waals surface area contributed by atoms with Crippen molar-refractivity contribution in [2.75, 3.05) is 18.0 Å². The average Bonchev–Trinajstić information content (AvgIpc) is 2.30. The van der Waals surface area contributed by atoms with Gasteiger partial charge in [-0.2, -0.15) is 0 Å². The van der Waals surface area contributed by atoms with Gasteiger partial charge in [0, 0.05) is 31.5 Å². The van der Waals surface area contributed by atoms with Gasteiger partial charge in [-0.25, -0.2) is 4.98 Å². The molecule has 4 nitrogen and oxygen atoms in total. The summed E-state index contributed by atoms with van der Waals surface area (Å²) in [6.45, 7) is 3.77. The first-order chi connectivity index (χ1) is 7.33. The predicted octanol–water partition coefficient (Wildman–Crippen LogP) is 1.10. The van der Waals surface area contributed by atoms with Gasteiger partial charge in [-0.15, -0.1) is 0 Å². The van der Waals surface area contributed by atoms with Crippen LogP contribution in [0.3, 0.4) is 0 Å². The SMILES string of the molecule is Cc1nccnc1N1CCCCC1CN. The van der Waals surface area contributed by atoms with Crippen LogP contribution in [0.1, 0.15) is 25.0 Å². The smallest absolute Gasteiger partial charge is 0.150 e. The molecule has 1 saturated heterocycles. The van der Waals surface area contributed by atoms with E-state index in [0.29, 0.717) is 12.6 Å². The molecule has 0 spiro atoms. The van der Waals surface area contributed by atoms with Gasteiger partial charge >= 0.3 is 0 Å². The van der Waals surface area contributed by atoms with Crippen molar-refractivity contribution in [2.45, 2.75) is 32.2 Å². The van der Waals surface area contributed by atoms with Gasteiger partial charge in [-0.1, -0.05) is 0 Å². The van der Waals surface area contributed by atoms with E-state index in [0.717, 1.165) is 18.1 Å². The lowest BCUT2D eigenvalue weighted by molar-refractivity contribution is 0.461. The quantitative estimate of drug-likeness (QED) is 0.787. The van der Waals surface area contributed by atoms with Gasteiger partial charge in [0.2, 0.25) is 0 Å². The Labute approximate surface area is 90.5 Å². The monoisotopic (exact) mass is 206 g/mol. The van der Waals surface area contributed by atoms with E-state index >= 15 is 0 Å². The maximum absolute atomic E-state index is 5.79. The molecular weight excluding hydrogens is 188 g/mol.